The Kier molecular flexibility index (Phi) is 5.75. The molecule has 1 saturated heterocycles. The van der Waals surface area contributed by atoms with Crippen molar-refractivity contribution in [2.24, 2.45) is 0 Å². The quantitative estimate of drug-likeness (QED) is 0.537. The summed E-state index contributed by atoms with van der Waals surface area (Å²) in [4.78, 5) is 21.5. The first-order chi connectivity index (χ1) is 13.5. The van der Waals surface area contributed by atoms with Crippen LogP contribution in [0.1, 0.15) is 6.92 Å². The second-order valence-corrected chi connectivity index (χ2v) is 9.00. The van der Waals surface area contributed by atoms with Crippen molar-refractivity contribution in [3.8, 4) is 5.75 Å². The van der Waals surface area contributed by atoms with Crippen LogP contribution in [0.25, 0.3) is 10.2 Å². The zero-order valence-electron chi connectivity index (χ0n) is 15.3. The first kappa shape index (κ1) is 19.5. The molecule has 2 aromatic carbocycles. The van der Waals surface area contributed by atoms with Crippen LogP contribution in [0.2, 0.25) is 5.02 Å². The van der Waals surface area contributed by atoms with Gasteiger partial charge in [-0.15, -0.1) is 0 Å². The average Bonchev–Trinajstić information content (AvgIpc) is 3.12. The van der Waals surface area contributed by atoms with E-state index >= 15 is 0 Å². The minimum atomic E-state index is -0.516. The molecule has 0 aliphatic carbocycles. The second kappa shape index (κ2) is 8.27. The highest BCUT2D eigenvalue weighted by atomic mass is 79.9. The third-order valence-electron chi connectivity index (χ3n) is 4.68. The molecule has 3 aromatic rings. The Hall–Kier alpha value is -1.83. The molecule has 1 amide bonds. The third-order valence-corrected chi connectivity index (χ3v) is 6.52. The van der Waals surface area contributed by atoms with E-state index in [1.165, 1.54) is 0 Å². The van der Waals surface area contributed by atoms with Gasteiger partial charge >= 0.3 is 0 Å². The summed E-state index contributed by atoms with van der Waals surface area (Å²) in [5.41, 5.74) is 0.958. The summed E-state index contributed by atoms with van der Waals surface area (Å²) < 4.78 is 7.86. The molecule has 146 valence electrons. The number of anilines is 1. The SMILES string of the molecule is CC(Oc1ccc(Br)cc1)C(=O)N1CCN(c2nc3ccc(Cl)cc3s2)CC1. The van der Waals surface area contributed by atoms with Crippen LogP contribution in [0.4, 0.5) is 5.13 Å². The summed E-state index contributed by atoms with van der Waals surface area (Å²) >= 11 is 11.1. The standard InChI is InChI=1S/C20H19BrClN3O2S/c1-13(27-16-5-2-14(21)3-6-16)19(26)24-8-10-25(11-9-24)20-23-17-7-4-15(22)12-18(17)28-20/h2-7,12-13H,8-11H2,1H3. The number of nitrogens with zero attached hydrogens (tertiary/aromatic N) is 3. The van der Waals surface area contributed by atoms with Gasteiger partial charge in [0.25, 0.3) is 5.91 Å². The summed E-state index contributed by atoms with van der Waals surface area (Å²) in [5, 5.41) is 1.70. The van der Waals surface area contributed by atoms with Gasteiger partial charge in [0.1, 0.15) is 5.75 Å². The number of hydrogen-bond acceptors (Lipinski definition) is 5. The number of halogens is 2. The van der Waals surface area contributed by atoms with Crippen molar-refractivity contribution in [3.05, 3.63) is 52.0 Å². The second-order valence-electron chi connectivity index (χ2n) is 6.63. The van der Waals surface area contributed by atoms with Crippen molar-refractivity contribution < 1.29 is 9.53 Å². The predicted octanol–water partition coefficient (Wildman–Crippen LogP) is 4.83. The maximum absolute atomic E-state index is 12.7. The van der Waals surface area contributed by atoms with E-state index < -0.39 is 6.10 Å². The number of benzene rings is 2. The first-order valence-corrected chi connectivity index (χ1v) is 11.0. The Bertz CT molecular complexity index is 987. The molecule has 8 heteroatoms. The molecule has 5 nitrogen and oxygen atoms in total. The molecule has 1 aliphatic rings. The van der Waals surface area contributed by atoms with E-state index in [0.29, 0.717) is 18.8 Å². The molecule has 28 heavy (non-hydrogen) atoms. The van der Waals surface area contributed by atoms with E-state index in [9.17, 15) is 4.79 Å². The largest absolute Gasteiger partial charge is 0.481 e. The molecule has 1 aliphatic heterocycles. The molecular weight excluding hydrogens is 462 g/mol. The van der Waals surface area contributed by atoms with Crippen LogP contribution in [0.5, 0.6) is 5.75 Å². The highest BCUT2D eigenvalue weighted by molar-refractivity contribution is 9.10. The Labute approximate surface area is 181 Å². The number of rotatable bonds is 4. The number of amides is 1. The summed E-state index contributed by atoms with van der Waals surface area (Å²) in [6.45, 7) is 4.62. The van der Waals surface area contributed by atoms with E-state index in [1.54, 1.807) is 18.3 Å². The van der Waals surface area contributed by atoms with Crippen LogP contribution in [-0.4, -0.2) is 48.1 Å². The first-order valence-electron chi connectivity index (χ1n) is 9.01. The predicted molar refractivity (Wildman–Crippen MR) is 118 cm³/mol. The summed E-state index contributed by atoms with van der Waals surface area (Å²) in [6.07, 6.45) is -0.516. The van der Waals surface area contributed by atoms with Crippen molar-refractivity contribution in [2.45, 2.75) is 13.0 Å². The van der Waals surface area contributed by atoms with Gasteiger partial charge in [0, 0.05) is 35.7 Å². The van der Waals surface area contributed by atoms with Crippen molar-refractivity contribution in [1.82, 2.24) is 9.88 Å². The highest BCUT2D eigenvalue weighted by Crippen LogP contribution is 2.31. The molecule has 1 aromatic heterocycles. The maximum atomic E-state index is 12.7. The lowest BCUT2D eigenvalue weighted by Crippen LogP contribution is -2.52. The number of thiazole rings is 1. The van der Waals surface area contributed by atoms with Crippen LogP contribution < -0.4 is 9.64 Å². The number of hydrogen-bond donors (Lipinski definition) is 0. The summed E-state index contributed by atoms with van der Waals surface area (Å²) in [5.74, 6) is 0.703. The van der Waals surface area contributed by atoms with Gasteiger partial charge in [-0.25, -0.2) is 4.98 Å². The van der Waals surface area contributed by atoms with Crippen LogP contribution in [0, 0.1) is 0 Å². The average molecular weight is 481 g/mol. The number of carbonyl (C=O) groups is 1. The van der Waals surface area contributed by atoms with Crippen LogP contribution in [0.15, 0.2) is 46.9 Å². The fourth-order valence-electron chi connectivity index (χ4n) is 3.16. The zero-order chi connectivity index (χ0) is 19.7. The number of ether oxygens (including phenoxy) is 1. The Morgan fingerprint density at radius 3 is 2.61 bits per heavy atom. The fraction of sp³-hybridized carbons (Fsp3) is 0.300. The van der Waals surface area contributed by atoms with E-state index in [4.69, 9.17) is 21.3 Å². The molecule has 4 rings (SSSR count). The number of carbonyl (C=O) groups excluding carboxylic acids is 1. The van der Waals surface area contributed by atoms with Gasteiger partial charge in [0.2, 0.25) is 0 Å². The smallest absolute Gasteiger partial charge is 0.263 e. The van der Waals surface area contributed by atoms with Gasteiger partial charge in [-0.05, 0) is 49.4 Å². The topological polar surface area (TPSA) is 45.7 Å². The normalized spacial score (nSPS) is 15.7. The molecule has 0 saturated carbocycles. The van der Waals surface area contributed by atoms with Crippen molar-refractivity contribution in [2.75, 3.05) is 31.1 Å². The minimum absolute atomic E-state index is 0.0126. The van der Waals surface area contributed by atoms with Gasteiger partial charge < -0.3 is 14.5 Å². The minimum Gasteiger partial charge on any atom is -0.481 e. The van der Waals surface area contributed by atoms with Gasteiger partial charge in [-0.3, -0.25) is 4.79 Å². The lowest BCUT2D eigenvalue weighted by Gasteiger charge is -2.35. The maximum Gasteiger partial charge on any atom is 0.263 e. The van der Waals surface area contributed by atoms with Crippen LogP contribution in [0.3, 0.4) is 0 Å². The summed E-state index contributed by atoms with van der Waals surface area (Å²) in [7, 11) is 0. The van der Waals surface area contributed by atoms with E-state index in [1.807, 2.05) is 47.4 Å². The molecule has 1 atom stereocenters. The summed E-state index contributed by atoms with van der Waals surface area (Å²) in [6, 6.07) is 13.2. The lowest BCUT2D eigenvalue weighted by molar-refractivity contribution is -0.138. The molecule has 0 radical (unpaired) electrons. The van der Waals surface area contributed by atoms with Crippen LogP contribution >= 0.6 is 38.9 Å². The molecule has 1 fully saturated rings. The van der Waals surface area contributed by atoms with Gasteiger partial charge in [0.05, 0.1) is 10.2 Å². The number of fused-ring (bicyclic) bond motifs is 1. The van der Waals surface area contributed by atoms with Crippen molar-refractivity contribution in [1.29, 1.82) is 0 Å². The number of aromatic nitrogens is 1. The van der Waals surface area contributed by atoms with E-state index in [0.717, 1.165) is 37.9 Å². The molecule has 0 bridgehead atoms. The van der Waals surface area contributed by atoms with Gasteiger partial charge in [-0.2, -0.15) is 0 Å². The Morgan fingerprint density at radius 2 is 1.89 bits per heavy atom. The van der Waals surface area contributed by atoms with Crippen LogP contribution in [-0.2, 0) is 4.79 Å². The van der Waals surface area contributed by atoms with Crippen molar-refractivity contribution >= 4 is 60.1 Å². The third kappa shape index (κ3) is 4.26. The highest BCUT2D eigenvalue weighted by Gasteiger charge is 2.27. The van der Waals surface area contributed by atoms with Crippen molar-refractivity contribution in [3.63, 3.8) is 0 Å². The fourth-order valence-corrected chi connectivity index (χ4v) is 4.72. The molecule has 0 spiro atoms. The number of piperazine rings is 1. The van der Waals surface area contributed by atoms with Gasteiger partial charge in [0.15, 0.2) is 11.2 Å². The molecule has 2 heterocycles. The monoisotopic (exact) mass is 479 g/mol. The molecule has 0 N–H and O–H groups in total. The zero-order valence-corrected chi connectivity index (χ0v) is 18.4. The Morgan fingerprint density at radius 1 is 1.18 bits per heavy atom. The van der Waals surface area contributed by atoms with Gasteiger partial charge in [-0.1, -0.05) is 38.9 Å². The molecule has 1 unspecified atom stereocenters. The lowest BCUT2D eigenvalue weighted by atomic mass is 10.2. The Balaban J connectivity index is 1.36. The van der Waals surface area contributed by atoms with E-state index in [-0.39, 0.29) is 5.91 Å². The molecular formula is C20H19BrClN3O2S. The van der Waals surface area contributed by atoms with E-state index in [2.05, 4.69) is 20.8 Å².